The molecule has 1 saturated carbocycles. The summed E-state index contributed by atoms with van der Waals surface area (Å²) in [4.78, 5) is 19.8. The zero-order valence-electron chi connectivity index (χ0n) is 10.3. The van der Waals surface area contributed by atoms with Gasteiger partial charge in [0.2, 0.25) is 0 Å². The van der Waals surface area contributed by atoms with Gasteiger partial charge in [0.05, 0.1) is 0 Å². The minimum Gasteiger partial charge on any atom is -0.382 e. The van der Waals surface area contributed by atoms with Gasteiger partial charge >= 0.3 is 0 Å². The SMILES string of the molecule is Nc1nccnc1C(=O)NC1CC1c1ccccc1. The molecule has 3 N–H and O–H groups in total. The van der Waals surface area contributed by atoms with E-state index < -0.39 is 0 Å². The number of aromatic nitrogens is 2. The fraction of sp³-hybridized carbons (Fsp3) is 0.214. The predicted octanol–water partition coefficient (Wildman–Crippen LogP) is 1.34. The molecule has 5 heteroatoms. The average molecular weight is 254 g/mol. The molecule has 0 saturated heterocycles. The molecule has 19 heavy (non-hydrogen) atoms. The van der Waals surface area contributed by atoms with Gasteiger partial charge < -0.3 is 11.1 Å². The van der Waals surface area contributed by atoms with Crippen LogP contribution in [0.15, 0.2) is 42.7 Å². The van der Waals surface area contributed by atoms with E-state index in [0.29, 0.717) is 5.92 Å². The van der Waals surface area contributed by atoms with Gasteiger partial charge in [-0.05, 0) is 12.0 Å². The molecule has 1 aliphatic carbocycles. The Bertz CT molecular complexity index is 599. The number of nitrogens with one attached hydrogen (secondary N) is 1. The van der Waals surface area contributed by atoms with Crippen molar-refractivity contribution in [1.82, 2.24) is 15.3 Å². The Morgan fingerprint density at radius 1 is 1.21 bits per heavy atom. The van der Waals surface area contributed by atoms with E-state index in [1.807, 2.05) is 18.2 Å². The van der Waals surface area contributed by atoms with Gasteiger partial charge in [0.15, 0.2) is 11.5 Å². The van der Waals surface area contributed by atoms with E-state index >= 15 is 0 Å². The molecule has 2 atom stereocenters. The number of carbonyl (C=O) groups is 1. The van der Waals surface area contributed by atoms with E-state index in [4.69, 9.17) is 5.73 Å². The Morgan fingerprint density at radius 2 is 1.95 bits per heavy atom. The van der Waals surface area contributed by atoms with Crippen molar-refractivity contribution in [2.75, 3.05) is 5.73 Å². The van der Waals surface area contributed by atoms with Crippen LogP contribution in [0, 0.1) is 0 Å². The zero-order chi connectivity index (χ0) is 13.2. The lowest BCUT2D eigenvalue weighted by Crippen LogP contribution is -2.28. The van der Waals surface area contributed by atoms with Crippen molar-refractivity contribution >= 4 is 11.7 Å². The Morgan fingerprint density at radius 3 is 2.68 bits per heavy atom. The van der Waals surface area contributed by atoms with Crippen LogP contribution in [0.2, 0.25) is 0 Å². The van der Waals surface area contributed by atoms with Gasteiger partial charge in [-0.3, -0.25) is 4.79 Å². The fourth-order valence-corrected chi connectivity index (χ4v) is 2.18. The molecule has 2 aromatic rings. The summed E-state index contributed by atoms with van der Waals surface area (Å²) >= 11 is 0. The lowest BCUT2D eigenvalue weighted by Gasteiger charge is -2.05. The van der Waals surface area contributed by atoms with Gasteiger partial charge in [0.25, 0.3) is 5.91 Å². The number of hydrogen-bond donors (Lipinski definition) is 2. The van der Waals surface area contributed by atoms with E-state index in [1.165, 1.54) is 18.0 Å². The summed E-state index contributed by atoms with van der Waals surface area (Å²) in [5, 5.41) is 2.94. The van der Waals surface area contributed by atoms with Crippen LogP contribution < -0.4 is 11.1 Å². The molecule has 96 valence electrons. The van der Waals surface area contributed by atoms with E-state index in [2.05, 4.69) is 27.4 Å². The average Bonchev–Trinajstić information content (AvgIpc) is 3.19. The fourth-order valence-electron chi connectivity index (χ4n) is 2.18. The van der Waals surface area contributed by atoms with Crippen molar-refractivity contribution in [2.24, 2.45) is 0 Å². The maximum absolute atomic E-state index is 12.0. The third kappa shape index (κ3) is 2.40. The number of rotatable bonds is 3. The van der Waals surface area contributed by atoms with Gasteiger partial charge in [-0.1, -0.05) is 30.3 Å². The number of anilines is 1. The second-order valence-electron chi connectivity index (χ2n) is 4.62. The third-order valence-electron chi connectivity index (χ3n) is 3.28. The highest BCUT2D eigenvalue weighted by atomic mass is 16.2. The highest BCUT2D eigenvalue weighted by Crippen LogP contribution is 2.40. The van der Waals surface area contributed by atoms with Crippen LogP contribution >= 0.6 is 0 Å². The quantitative estimate of drug-likeness (QED) is 0.866. The zero-order valence-corrected chi connectivity index (χ0v) is 10.3. The van der Waals surface area contributed by atoms with Gasteiger partial charge in [0, 0.05) is 24.4 Å². The van der Waals surface area contributed by atoms with Crippen LogP contribution in [0.4, 0.5) is 5.82 Å². The first-order chi connectivity index (χ1) is 9.25. The lowest BCUT2D eigenvalue weighted by atomic mass is 10.1. The summed E-state index contributed by atoms with van der Waals surface area (Å²) in [6.45, 7) is 0. The molecular formula is C14H14N4O. The molecule has 1 amide bonds. The standard InChI is InChI=1S/C14H14N4O/c15-13-12(16-6-7-17-13)14(19)18-11-8-10(11)9-4-2-1-3-5-9/h1-7,10-11H,8H2,(H2,15,17)(H,18,19). The maximum atomic E-state index is 12.0. The number of nitrogens with two attached hydrogens (primary N) is 1. The summed E-state index contributed by atoms with van der Waals surface area (Å²) in [5.74, 6) is 0.300. The molecule has 1 aromatic carbocycles. The normalized spacial score (nSPS) is 20.8. The number of amides is 1. The molecule has 5 nitrogen and oxygen atoms in total. The molecular weight excluding hydrogens is 240 g/mol. The highest BCUT2D eigenvalue weighted by molar-refractivity contribution is 5.96. The monoisotopic (exact) mass is 254 g/mol. The van der Waals surface area contributed by atoms with Gasteiger partial charge in [-0.15, -0.1) is 0 Å². The number of nitrogens with zero attached hydrogens (tertiary/aromatic N) is 2. The molecule has 2 unspecified atom stereocenters. The minimum atomic E-state index is -0.256. The van der Waals surface area contributed by atoms with Crippen molar-refractivity contribution in [3.05, 3.63) is 54.0 Å². The van der Waals surface area contributed by atoms with Crippen LogP contribution in [-0.4, -0.2) is 21.9 Å². The second kappa shape index (κ2) is 4.68. The van der Waals surface area contributed by atoms with Crippen molar-refractivity contribution in [3.63, 3.8) is 0 Å². The summed E-state index contributed by atoms with van der Waals surface area (Å²) in [7, 11) is 0. The summed E-state index contributed by atoms with van der Waals surface area (Å²) in [6, 6.07) is 10.3. The van der Waals surface area contributed by atoms with Gasteiger partial charge in [-0.2, -0.15) is 0 Å². The maximum Gasteiger partial charge on any atom is 0.273 e. The molecule has 0 radical (unpaired) electrons. The number of nitrogen functional groups attached to an aromatic ring is 1. The van der Waals surface area contributed by atoms with Crippen molar-refractivity contribution in [3.8, 4) is 0 Å². The first-order valence-corrected chi connectivity index (χ1v) is 6.18. The summed E-state index contributed by atoms with van der Waals surface area (Å²) < 4.78 is 0. The summed E-state index contributed by atoms with van der Waals surface area (Å²) in [6.07, 6.45) is 3.89. The van der Waals surface area contributed by atoms with Crippen molar-refractivity contribution in [2.45, 2.75) is 18.4 Å². The first-order valence-electron chi connectivity index (χ1n) is 6.18. The Labute approximate surface area is 110 Å². The van der Waals surface area contributed by atoms with Crippen molar-refractivity contribution < 1.29 is 4.79 Å². The van der Waals surface area contributed by atoms with Gasteiger partial charge in [0.1, 0.15) is 0 Å². The van der Waals surface area contributed by atoms with Crippen molar-refractivity contribution in [1.29, 1.82) is 0 Å². The molecule has 1 aromatic heterocycles. The lowest BCUT2D eigenvalue weighted by molar-refractivity contribution is 0.0946. The number of hydrogen-bond acceptors (Lipinski definition) is 4. The molecule has 1 fully saturated rings. The van der Waals surface area contributed by atoms with E-state index in [9.17, 15) is 4.79 Å². The number of benzene rings is 1. The van der Waals surface area contributed by atoms with Crippen LogP contribution in [0.5, 0.6) is 0 Å². The topological polar surface area (TPSA) is 80.9 Å². The van der Waals surface area contributed by atoms with E-state index in [0.717, 1.165) is 6.42 Å². The molecule has 0 aliphatic heterocycles. The minimum absolute atomic E-state index is 0.163. The summed E-state index contributed by atoms with van der Waals surface area (Å²) in [5.41, 5.74) is 7.07. The Kier molecular flexibility index (Phi) is 2.87. The predicted molar refractivity (Wildman–Crippen MR) is 71.5 cm³/mol. The Balaban J connectivity index is 1.66. The largest absolute Gasteiger partial charge is 0.382 e. The molecule has 1 aliphatic rings. The van der Waals surface area contributed by atoms with Crippen LogP contribution in [0.1, 0.15) is 28.4 Å². The van der Waals surface area contributed by atoms with E-state index in [-0.39, 0.29) is 23.5 Å². The highest BCUT2D eigenvalue weighted by Gasteiger charge is 2.39. The van der Waals surface area contributed by atoms with Crippen LogP contribution in [-0.2, 0) is 0 Å². The molecule has 3 rings (SSSR count). The van der Waals surface area contributed by atoms with Crippen LogP contribution in [0.25, 0.3) is 0 Å². The molecule has 0 spiro atoms. The smallest absolute Gasteiger partial charge is 0.273 e. The Hall–Kier alpha value is -2.43. The molecule has 0 bridgehead atoms. The second-order valence-corrected chi connectivity index (χ2v) is 4.62. The number of carbonyl (C=O) groups excluding carboxylic acids is 1. The first kappa shape index (κ1) is 11.6. The van der Waals surface area contributed by atoms with Gasteiger partial charge in [-0.25, -0.2) is 9.97 Å². The third-order valence-corrected chi connectivity index (χ3v) is 3.28. The van der Waals surface area contributed by atoms with E-state index in [1.54, 1.807) is 0 Å². The molecule has 1 heterocycles. The van der Waals surface area contributed by atoms with Crippen LogP contribution in [0.3, 0.4) is 0 Å².